The van der Waals surface area contributed by atoms with Crippen molar-refractivity contribution in [2.24, 2.45) is 0 Å². The van der Waals surface area contributed by atoms with Crippen LogP contribution in [0, 0.1) is 0 Å². The third-order valence-electron chi connectivity index (χ3n) is 1.49. The SMILES string of the molecule is O=C(Nc1nccnn1)N[C@@H](CO)C(=O)O. The topological polar surface area (TPSA) is 137 Å². The number of aliphatic hydroxyl groups is 1. The second kappa shape index (κ2) is 5.56. The summed E-state index contributed by atoms with van der Waals surface area (Å²) in [5.74, 6) is -1.41. The molecule has 0 aliphatic rings. The summed E-state index contributed by atoms with van der Waals surface area (Å²) in [5, 5.41) is 28.3. The summed E-state index contributed by atoms with van der Waals surface area (Å²) in [6, 6.07) is -2.22. The molecule has 16 heavy (non-hydrogen) atoms. The number of hydrogen-bond acceptors (Lipinski definition) is 6. The van der Waals surface area contributed by atoms with Crippen molar-refractivity contribution >= 4 is 17.9 Å². The van der Waals surface area contributed by atoms with Crippen LogP contribution >= 0.6 is 0 Å². The van der Waals surface area contributed by atoms with Crippen molar-refractivity contribution in [1.29, 1.82) is 0 Å². The Kier molecular flexibility index (Phi) is 4.09. The predicted octanol–water partition coefficient (Wildman–Crippen LogP) is -1.56. The summed E-state index contributed by atoms with van der Waals surface area (Å²) >= 11 is 0. The molecule has 0 fully saturated rings. The molecule has 4 N–H and O–H groups in total. The maximum Gasteiger partial charge on any atom is 0.328 e. The Bertz CT molecular complexity index is 370. The number of hydrogen-bond donors (Lipinski definition) is 4. The fourth-order valence-corrected chi connectivity index (χ4v) is 0.786. The van der Waals surface area contributed by atoms with Crippen LogP contribution in [0.25, 0.3) is 0 Å². The molecule has 1 aromatic rings. The van der Waals surface area contributed by atoms with E-state index in [4.69, 9.17) is 10.2 Å². The zero-order valence-electron chi connectivity index (χ0n) is 7.99. The quantitative estimate of drug-likeness (QED) is 0.488. The van der Waals surface area contributed by atoms with Crippen LogP contribution in [0.3, 0.4) is 0 Å². The zero-order valence-corrected chi connectivity index (χ0v) is 7.99. The monoisotopic (exact) mass is 227 g/mol. The Morgan fingerprint density at radius 1 is 1.44 bits per heavy atom. The smallest absolute Gasteiger partial charge is 0.328 e. The number of aromatic nitrogens is 3. The Hall–Kier alpha value is -2.29. The van der Waals surface area contributed by atoms with Gasteiger partial charge in [-0.05, 0) is 0 Å². The number of nitrogens with zero attached hydrogens (tertiary/aromatic N) is 3. The van der Waals surface area contributed by atoms with Crippen LogP contribution in [0.1, 0.15) is 0 Å². The van der Waals surface area contributed by atoms with Gasteiger partial charge in [-0.25, -0.2) is 14.6 Å². The first kappa shape index (κ1) is 11.8. The summed E-state index contributed by atoms with van der Waals surface area (Å²) in [7, 11) is 0. The molecular formula is C7H9N5O4. The minimum atomic E-state index is -1.38. The van der Waals surface area contributed by atoms with Gasteiger partial charge in [-0.3, -0.25) is 5.32 Å². The first-order valence-corrected chi connectivity index (χ1v) is 4.18. The van der Waals surface area contributed by atoms with Crippen LogP contribution in [0.4, 0.5) is 10.7 Å². The molecule has 86 valence electrons. The van der Waals surface area contributed by atoms with Crippen molar-refractivity contribution in [2.75, 3.05) is 11.9 Å². The molecule has 0 aromatic carbocycles. The van der Waals surface area contributed by atoms with Crippen LogP contribution in [0.2, 0.25) is 0 Å². The molecule has 9 heteroatoms. The lowest BCUT2D eigenvalue weighted by Crippen LogP contribution is -2.45. The van der Waals surface area contributed by atoms with Gasteiger partial charge in [-0.2, -0.15) is 5.10 Å². The van der Waals surface area contributed by atoms with E-state index in [1.54, 1.807) is 0 Å². The number of carbonyl (C=O) groups is 2. The van der Waals surface area contributed by atoms with Gasteiger partial charge in [0.15, 0.2) is 6.04 Å². The molecule has 0 saturated heterocycles. The summed E-state index contributed by atoms with van der Waals surface area (Å²) in [6.45, 7) is -0.712. The highest BCUT2D eigenvalue weighted by molar-refractivity contribution is 5.90. The molecule has 2 amide bonds. The van der Waals surface area contributed by atoms with Crippen LogP contribution in [-0.2, 0) is 4.79 Å². The predicted molar refractivity (Wildman–Crippen MR) is 50.5 cm³/mol. The maximum absolute atomic E-state index is 11.2. The van der Waals surface area contributed by atoms with Gasteiger partial charge in [0.05, 0.1) is 19.0 Å². The van der Waals surface area contributed by atoms with E-state index in [-0.39, 0.29) is 5.95 Å². The number of carboxylic acid groups (broad SMARTS) is 1. The van der Waals surface area contributed by atoms with E-state index >= 15 is 0 Å². The van der Waals surface area contributed by atoms with Gasteiger partial charge in [0.1, 0.15) is 0 Å². The Labute approximate surface area is 89.5 Å². The second-order valence-electron chi connectivity index (χ2n) is 2.64. The lowest BCUT2D eigenvalue weighted by molar-refractivity contribution is -0.140. The summed E-state index contributed by atoms with van der Waals surface area (Å²) in [4.78, 5) is 25.3. The standard InChI is InChI=1S/C7H9N5O4/c13-3-4(5(14)15)10-7(16)11-6-8-1-2-9-12-6/h1-2,4,13H,3H2,(H,14,15)(H2,8,10,11,12,16)/t4-/m0/s1. The minimum Gasteiger partial charge on any atom is -0.480 e. The van der Waals surface area contributed by atoms with Gasteiger partial charge in [-0.1, -0.05) is 0 Å². The van der Waals surface area contributed by atoms with Gasteiger partial charge in [0, 0.05) is 0 Å². The average molecular weight is 227 g/mol. The highest BCUT2D eigenvalue weighted by atomic mass is 16.4. The van der Waals surface area contributed by atoms with E-state index in [1.807, 2.05) is 5.32 Å². The summed E-state index contributed by atoms with van der Waals surface area (Å²) in [6.07, 6.45) is 2.63. The molecule has 0 radical (unpaired) electrons. The maximum atomic E-state index is 11.2. The molecular weight excluding hydrogens is 218 g/mol. The number of amides is 2. The van der Waals surface area contributed by atoms with Crippen LogP contribution in [-0.4, -0.2) is 50.0 Å². The number of urea groups is 1. The number of anilines is 1. The zero-order chi connectivity index (χ0) is 12.0. The van der Waals surface area contributed by atoms with Gasteiger partial charge in [0.25, 0.3) is 5.95 Å². The van der Waals surface area contributed by atoms with Crippen LogP contribution in [0.15, 0.2) is 12.4 Å². The third kappa shape index (κ3) is 3.46. The lowest BCUT2D eigenvalue weighted by Gasteiger charge is -2.11. The Balaban J connectivity index is 2.50. The number of aliphatic hydroxyl groups excluding tert-OH is 1. The highest BCUT2D eigenvalue weighted by Crippen LogP contribution is 1.92. The van der Waals surface area contributed by atoms with Crippen molar-refractivity contribution in [2.45, 2.75) is 6.04 Å². The van der Waals surface area contributed by atoms with E-state index in [0.717, 1.165) is 0 Å². The highest BCUT2D eigenvalue weighted by Gasteiger charge is 2.18. The third-order valence-corrected chi connectivity index (χ3v) is 1.49. The molecule has 1 heterocycles. The fourth-order valence-electron chi connectivity index (χ4n) is 0.786. The molecule has 1 aromatic heterocycles. The van der Waals surface area contributed by atoms with E-state index in [9.17, 15) is 9.59 Å². The minimum absolute atomic E-state index is 0.0675. The molecule has 0 aliphatic heterocycles. The normalized spacial score (nSPS) is 11.6. The number of rotatable bonds is 4. The van der Waals surface area contributed by atoms with E-state index < -0.39 is 24.6 Å². The van der Waals surface area contributed by atoms with Crippen molar-refractivity contribution in [3.8, 4) is 0 Å². The van der Waals surface area contributed by atoms with Crippen LogP contribution < -0.4 is 10.6 Å². The Morgan fingerprint density at radius 3 is 2.69 bits per heavy atom. The molecule has 1 atom stereocenters. The molecule has 0 saturated carbocycles. The van der Waals surface area contributed by atoms with Crippen LogP contribution in [0.5, 0.6) is 0 Å². The van der Waals surface area contributed by atoms with E-state index in [1.165, 1.54) is 12.4 Å². The van der Waals surface area contributed by atoms with E-state index in [0.29, 0.717) is 0 Å². The van der Waals surface area contributed by atoms with E-state index in [2.05, 4.69) is 20.5 Å². The average Bonchev–Trinajstić information content (AvgIpc) is 2.27. The molecule has 0 bridgehead atoms. The number of carboxylic acids is 1. The molecule has 1 rings (SSSR count). The van der Waals surface area contributed by atoms with Gasteiger partial charge < -0.3 is 15.5 Å². The van der Waals surface area contributed by atoms with Gasteiger partial charge in [0.2, 0.25) is 0 Å². The summed E-state index contributed by atoms with van der Waals surface area (Å²) < 4.78 is 0. The fraction of sp³-hybridized carbons (Fsp3) is 0.286. The number of nitrogens with one attached hydrogen (secondary N) is 2. The largest absolute Gasteiger partial charge is 0.480 e. The number of carbonyl (C=O) groups excluding carboxylic acids is 1. The second-order valence-corrected chi connectivity index (χ2v) is 2.64. The summed E-state index contributed by atoms with van der Waals surface area (Å²) in [5.41, 5.74) is 0. The molecule has 0 unspecified atom stereocenters. The van der Waals surface area contributed by atoms with Gasteiger partial charge in [-0.15, -0.1) is 5.10 Å². The molecule has 0 aliphatic carbocycles. The lowest BCUT2D eigenvalue weighted by atomic mass is 10.3. The van der Waals surface area contributed by atoms with Crippen molar-refractivity contribution in [1.82, 2.24) is 20.5 Å². The first-order valence-electron chi connectivity index (χ1n) is 4.18. The van der Waals surface area contributed by atoms with Gasteiger partial charge >= 0.3 is 12.0 Å². The number of aliphatic carboxylic acids is 1. The first-order chi connectivity index (χ1) is 7.63. The van der Waals surface area contributed by atoms with Crippen molar-refractivity contribution in [3.05, 3.63) is 12.4 Å². The Morgan fingerprint density at radius 2 is 2.19 bits per heavy atom. The van der Waals surface area contributed by atoms with Crippen molar-refractivity contribution < 1.29 is 19.8 Å². The molecule has 9 nitrogen and oxygen atoms in total. The molecule has 0 spiro atoms. The van der Waals surface area contributed by atoms with Crippen molar-refractivity contribution in [3.63, 3.8) is 0 Å².